The smallest absolute Gasteiger partial charge is 0.319 e. The molecule has 0 saturated carbocycles. The average Bonchev–Trinajstić information content (AvgIpc) is 2.48. The number of carbonyl (C=O) groups excluding carboxylic acids is 1. The van der Waals surface area contributed by atoms with Crippen LogP contribution >= 0.6 is 0 Å². The molecule has 2 aromatic rings. The van der Waals surface area contributed by atoms with Gasteiger partial charge < -0.3 is 15.7 Å². The Labute approximate surface area is 117 Å². The Morgan fingerprint density at radius 3 is 2.65 bits per heavy atom. The van der Waals surface area contributed by atoms with Crippen molar-refractivity contribution in [1.29, 1.82) is 0 Å². The van der Waals surface area contributed by atoms with E-state index in [0.29, 0.717) is 12.1 Å². The molecule has 1 unspecified atom stereocenters. The number of rotatable bonds is 5. The van der Waals surface area contributed by atoms with Gasteiger partial charge in [-0.25, -0.2) is 4.79 Å². The molecule has 1 aromatic heterocycles. The molecule has 5 heteroatoms. The number of urea groups is 1. The van der Waals surface area contributed by atoms with Gasteiger partial charge in [0.1, 0.15) is 0 Å². The number of pyridine rings is 1. The molecule has 2 rings (SSSR count). The summed E-state index contributed by atoms with van der Waals surface area (Å²) < 4.78 is 0. The Bertz CT molecular complexity index is 531. The number of nitrogens with one attached hydrogen (secondary N) is 2. The van der Waals surface area contributed by atoms with E-state index < -0.39 is 0 Å². The number of nitrogens with zero attached hydrogens (tertiary/aromatic N) is 1. The lowest BCUT2D eigenvalue weighted by molar-refractivity contribution is 0.224. The molecule has 0 bridgehead atoms. The fourth-order valence-corrected chi connectivity index (χ4v) is 1.85. The quantitative estimate of drug-likeness (QED) is 0.776. The van der Waals surface area contributed by atoms with E-state index in [0.717, 1.165) is 5.56 Å². The second-order valence-corrected chi connectivity index (χ2v) is 4.41. The Hall–Kier alpha value is -2.40. The number of benzene rings is 1. The Morgan fingerprint density at radius 1 is 1.20 bits per heavy atom. The number of hydrogen-bond acceptors (Lipinski definition) is 3. The minimum Gasteiger partial charge on any atom is -0.394 e. The molecular weight excluding hydrogens is 254 g/mol. The SMILES string of the molecule is O=C(Nc1cccnc1)NC(CO)Cc1ccccc1. The van der Waals surface area contributed by atoms with Crippen molar-refractivity contribution in [3.63, 3.8) is 0 Å². The minimum atomic E-state index is -0.354. The number of amides is 2. The number of aliphatic hydroxyl groups excluding tert-OH is 1. The first-order valence-electron chi connectivity index (χ1n) is 6.40. The highest BCUT2D eigenvalue weighted by Gasteiger charge is 2.12. The van der Waals surface area contributed by atoms with E-state index in [1.165, 1.54) is 0 Å². The van der Waals surface area contributed by atoms with E-state index >= 15 is 0 Å². The summed E-state index contributed by atoms with van der Waals surface area (Å²) in [7, 11) is 0. The average molecular weight is 271 g/mol. The molecule has 0 aliphatic carbocycles. The molecule has 2 amide bonds. The van der Waals surface area contributed by atoms with Crippen molar-refractivity contribution in [3.05, 3.63) is 60.4 Å². The van der Waals surface area contributed by atoms with Crippen molar-refractivity contribution in [1.82, 2.24) is 10.3 Å². The first-order valence-corrected chi connectivity index (χ1v) is 6.40. The van der Waals surface area contributed by atoms with Crippen LogP contribution in [0, 0.1) is 0 Å². The molecule has 104 valence electrons. The summed E-state index contributed by atoms with van der Waals surface area (Å²) in [5.41, 5.74) is 1.68. The van der Waals surface area contributed by atoms with Gasteiger partial charge in [-0.05, 0) is 24.1 Å². The topological polar surface area (TPSA) is 74.2 Å². The third kappa shape index (κ3) is 4.37. The van der Waals surface area contributed by atoms with Gasteiger partial charge in [-0.2, -0.15) is 0 Å². The fourth-order valence-electron chi connectivity index (χ4n) is 1.85. The predicted molar refractivity (Wildman–Crippen MR) is 77.4 cm³/mol. The van der Waals surface area contributed by atoms with Crippen LogP contribution < -0.4 is 10.6 Å². The molecule has 0 fully saturated rings. The molecular formula is C15H17N3O2. The van der Waals surface area contributed by atoms with Crippen LogP contribution in [-0.2, 0) is 6.42 Å². The van der Waals surface area contributed by atoms with Crippen molar-refractivity contribution in [2.45, 2.75) is 12.5 Å². The lowest BCUT2D eigenvalue weighted by Crippen LogP contribution is -2.41. The lowest BCUT2D eigenvalue weighted by Gasteiger charge is -2.16. The van der Waals surface area contributed by atoms with Gasteiger partial charge in [0, 0.05) is 6.20 Å². The number of aliphatic hydroxyl groups is 1. The fraction of sp³-hybridized carbons (Fsp3) is 0.200. The third-order valence-electron chi connectivity index (χ3n) is 2.80. The van der Waals surface area contributed by atoms with Crippen LogP contribution in [0.1, 0.15) is 5.56 Å². The van der Waals surface area contributed by atoms with E-state index in [9.17, 15) is 9.90 Å². The van der Waals surface area contributed by atoms with Crippen molar-refractivity contribution in [2.75, 3.05) is 11.9 Å². The molecule has 1 atom stereocenters. The zero-order valence-corrected chi connectivity index (χ0v) is 11.0. The van der Waals surface area contributed by atoms with Gasteiger partial charge in [0.25, 0.3) is 0 Å². The maximum Gasteiger partial charge on any atom is 0.319 e. The van der Waals surface area contributed by atoms with E-state index in [4.69, 9.17) is 0 Å². The van der Waals surface area contributed by atoms with Crippen LogP contribution in [-0.4, -0.2) is 28.8 Å². The maximum atomic E-state index is 11.8. The Morgan fingerprint density at radius 2 is 2.00 bits per heavy atom. The second kappa shape index (κ2) is 7.25. The van der Waals surface area contributed by atoms with Crippen LogP contribution in [0.25, 0.3) is 0 Å². The molecule has 0 aliphatic rings. The van der Waals surface area contributed by atoms with Crippen molar-refractivity contribution >= 4 is 11.7 Å². The first kappa shape index (κ1) is 14.0. The lowest BCUT2D eigenvalue weighted by atomic mass is 10.1. The molecule has 0 saturated heterocycles. The highest BCUT2D eigenvalue weighted by atomic mass is 16.3. The van der Waals surface area contributed by atoms with Gasteiger partial charge in [-0.3, -0.25) is 4.98 Å². The third-order valence-corrected chi connectivity index (χ3v) is 2.80. The first-order chi connectivity index (χ1) is 9.78. The highest BCUT2D eigenvalue weighted by Crippen LogP contribution is 2.05. The minimum absolute atomic E-state index is 0.116. The normalized spacial score (nSPS) is 11.7. The molecule has 5 nitrogen and oxygen atoms in total. The Kier molecular flexibility index (Phi) is 5.08. The van der Waals surface area contributed by atoms with E-state index in [2.05, 4.69) is 15.6 Å². The molecule has 0 radical (unpaired) electrons. The predicted octanol–water partition coefficient (Wildman–Crippen LogP) is 1.81. The summed E-state index contributed by atoms with van der Waals surface area (Å²) in [4.78, 5) is 15.7. The Balaban J connectivity index is 1.88. The molecule has 1 aromatic carbocycles. The number of anilines is 1. The van der Waals surface area contributed by atoms with Crippen molar-refractivity contribution < 1.29 is 9.90 Å². The standard InChI is InChI=1S/C15H17N3O2/c19-11-14(9-12-5-2-1-3-6-12)18-15(20)17-13-7-4-8-16-10-13/h1-8,10,14,19H,9,11H2,(H2,17,18,20). The van der Waals surface area contributed by atoms with E-state index in [-0.39, 0.29) is 18.7 Å². The summed E-state index contributed by atoms with van der Waals surface area (Å²) in [6.45, 7) is -0.116. The number of aromatic nitrogens is 1. The van der Waals surface area contributed by atoms with Crippen LogP contribution in [0.3, 0.4) is 0 Å². The summed E-state index contributed by atoms with van der Waals surface area (Å²) in [6.07, 6.45) is 3.78. The van der Waals surface area contributed by atoms with E-state index in [1.54, 1.807) is 24.5 Å². The summed E-state index contributed by atoms with van der Waals surface area (Å²) in [6, 6.07) is 12.5. The largest absolute Gasteiger partial charge is 0.394 e. The van der Waals surface area contributed by atoms with Crippen molar-refractivity contribution in [3.8, 4) is 0 Å². The number of carbonyl (C=O) groups is 1. The van der Waals surface area contributed by atoms with E-state index in [1.807, 2.05) is 30.3 Å². The van der Waals surface area contributed by atoms with Gasteiger partial charge in [0.15, 0.2) is 0 Å². The zero-order chi connectivity index (χ0) is 14.2. The molecule has 0 spiro atoms. The molecule has 0 aliphatic heterocycles. The summed E-state index contributed by atoms with van der Waals surface area (Å²) in [5, 5.41) is 14.8. The molecule has 20 heavy (non-hydrogen) atoms. The van der Waals surface area contributed by atoms with Gasteiger partial charge in [-0.15, -0.1) is 0 Å². The van der Waals surface area contributed by atoms with Gasteiger partial charge in [0.05, 0.1) is 24.5 Å². The van der Waals surface area contributed by atoms with Gasteiger partial charge >= 0.3 is 6.03 Å². The van der Waals surface area contributed by atoms with Gasteiger partial charge in [-0.1, -0.05) is 30.3 Å². The van der Waals surface area contributed by atoms with Gasteiger partial charge in [0.2, 0.25) is 0 Å². The second-order valence-electron chi connectivity index (χ2n) is 4.41. The highest BCUT2D eigenvalue weighted by molar-refractivity contribution is 5.89. The van der Waals surface area contributed by atoms with Crippen LogP contribution in [0.2, 0.25) is 0 Å². The number of hydrogen-bond donors (Lipinski definition) is 3. The monoisotopic (exact) mass is 271 g/mol. The summed E-state index contributed by atoms with van der Waals surface area (Å²) in [5.74, 6) is 0. The van der Waals surface area contributed by atoms with Crippen molar-refractivity contribution in [2.24, 2.45) is 0 Å². The van der Waals surface area contributed by atoms with Crippen LogP contribution in [0.15, 0.2) is 54.9 Å². The maximum absolute atomic E-state index is 11.8. The molecule has 3 N–H and O–H groups in total. The van der Waals surface area contributed by atoms with Crippen LogP contribution in [0.4, 0.5) is 10.5 Å². The molecule has 1 heterocycles. The summed E-state index contributed by atoms with van der Waals surface area (Å²) >= 11 is 0. The van der Waals surface area contributed by atoms with Crippen LogP contribution in [0.5, 0.6) is 0 Å². The zero-order valence-electron chi connectivity index (χ0n) is 11.0.